The molecule has 0 aliphatic carbocycles. The van der Waals surface area contributed by atoms with Gasteiger partial charge in [-0.2, -0.15) is 0 Å². The zero-order valence-electron chi connectivity index (χ0n) is 14.5. The van der Waals surface area contributed by atoms with Gasteiger partial charge in [0.15, 0.2) is 11.5 Å². The molecule has 1 aliphatic heterocycles. The van der Waals surface area contributed by atoms with Crippen LogP contribution in [0.2, 0.25) is 5.02 Å². The monoisotopic (exact) mass is 381 g/mol. The molecule has 0 saturated heterocycles. The minimum atomic E-state index is -0.271. The van der Waals surface area contributed by atoms with Gasteiger partial charge in [0.1, 0.15) is 0 Å². The van der Waals surface area contributed by atoms with Crippen molar-refractivity contribution < 1.29 is 14.3 Å². The van der Waals surface area contributed by atoms with E-state index in [1.807, 2.05) is 25.1 Å². The summed E-state index contributed by atoms with van der Waals surface area (Å²) in [6, 6.07) is 12.6. The Balaban J connectivity index is 1.49. The molecule has 0 spiro atoms. The highest BCUT2D eigenvalue weighted by molar-refractivity contribution is 6.31. The Hall–Kier alpha value is -3.25. The number of aromatic nitrogens is 1. The molecule has 27 heavy (non-hydrogen) atoms. The number of hydrogen-bond donors (Lipinski definition) is 2. The molecule has 4 rings (SSSR count). The van der Waals surface area contributed by atoms with E-state index in [4.69, 9.17) is 21.1 Å². The molecule has 6 nitrogen and oxygen atoms in total. The minimum absolute atomic E-state index is 0.188. The quantitative estimate of drug-likeness (QED) is 0.681. The van der Waals surface area contributed by atoms with Crippen LogP contribution in [0.3, 0.4) is 0 Å². The number of pyridine rings is 1. The maximum atomic E-state index is 12.5. The average molecular weight is 382 g/mol. The van der Waals surface area contributed by atoms with Crippen LogP contribution in [-0.4, -0.2) is 17.7 Å². The first-order valence-corrected chi connectivity index (χ1v) is 8.65. The van der Waals surface area contributed by atoms with Crippen molar-refractivity contribution >= 4 is 34.6 Å². The fraction of sp³-hybridized carbons (Fsp3) is 0.100. The summed E-state index contributed by atoms with van der Waals surface area (Å²) in [4.78, 5) is 16.7. The topological polar surface area (TPSA) is 72.5 Å². The molecule has 1 amide bonds. The normalized spacial score (nSPS) is 11.9. The number of hydrogen-bond acceptors (Lipinski definition) is 5. The summed E-state index contributed by atoms with van der Waals surface area (Å²) >= 11 is 6.15. The Kier molecular flexibility index (Phi) is 4.56. The molecule has 2 heterocycles. The van der Waals surface area contributed by atoms with Crippen molar-refractivity contribution in [1.29, 1.82) is 0 Å². The highest BCUT2D eigenvalue weighted by atomic mass is 35.5. The Bertz CT molecular complexity index is 1020. The van der Waals surface area contributed by atoms with Gasteiger partial charge in [-0.1, -0.05) is 17.7 Å². The van der Waals surface area contributed by atoms with Crippen LogP contribution in [0.1, 0.15) is 15.9 Å². The molecule has 2 N–H and O–H groups in total. The van der Waals surface area contributed by atoms with Crippen LogP contribution in [0, 0.1) is 6.92 Å². The Morgan fingerprint density at radius 1 is 1.00 bits per heavy atom. The van der Waals surface area contributed by atoms with Gasteiger partial charge in [0.25, 0.3) is 5.91 Å². The molecule has 1 aromatic heterocycles. The van der Waals surface area contributed by atoms with Gasteiger partial charge in [-0.25, -0.2) is 0 Å². The number of rotatable bonds is 4. The van der Waals surface area contributed by atoms with Gasteiger partial charge in [0, 0.05) is 28.7 Å². The lowest BCUT2D eigenvalue weighted by Gasteiger charge is -2.10. The van der Waals surface area contributed by atoms with E-state index in [0.717, 1.165) is 11.3 Å². The predicted octanol–water partition coefficient (Wildman–Crippen LogP) is 4.77. The van der Waals surface area contributed by atoms with Gasteiger partial charge in [0.2, 0.25) is 6.79 Å². The summed E-state index contributed by atoms with van der Waals surface area (Å²) < 4.78 is 10.6. The summed E-state index contributed by atoms with van der Waals surface area (Å²) in [6.07, 6.45) is 3.15. The Morgan fingerprint density at radius 2 is 1.81 bits per heavy atom. The summed E-state index contributed by atoms with van der Waals surface area (Å²) in [6.45, 7) is 2.13. The van der Waals surface area contributed by atoms with Crippen molar-refractivity contribution in [3.8, 4) is 11.5 Å². The second kappa shape index (κ2) is 7.17. The first-order valence-electron chi connectivity index (χ1n) is 8.28. The van der Waals surface area contributed by atoms with Gasteiger partial charge < -0.3 is 20.1 Å². The number of ether oxygens (including phenoxy) is 2. The summed E-state index contributed by atoms with van der Waals surface area (Å²) in [5.41, 5.74) is 3.55. The number of benzene rings is 2. The number of fused-ring (bicyclic) bond motifs is 1. The van der Waals surface area contributed by atoms with Gasteiger partial charge in [0.05, 0.1) is 17.4 Å². The van der Waals surface area contributed by atoms with E-state index < -0.39 is 0 Å². The van der Waals surface area contributed by atoms with Crippen LogP contribution in [0.15, 0.2) is 54.9 Å². The van der Waals surface area contributed by atoms with Gasteiger partial charge in [-0.05, 0) is 42.8 Å². The third-order valence-electron chi connectivity index (χ3n) is 4.09. The van der Waals surface area contributed by atoms with Gasteiger partial charge in [-0.3, -0.25) is 9.78 Å². The number of anilines is 3. The first-order chi connectivity index (χ1) is 13.1. The van der Waals surface area contributed by atoms with E-state index in [2.05, 4.69) is 15.6 Å². The number of amides is 1. The van der Waals surface area contributed by atoms with Crippen LogP contribution in [0.4, 0.5) is 17.1 Å². The van der Waals surface area contributed by atoms with Crippen molar-refractivity contribution in [2.75, 3.05) is 17.4 Å². The van der Waals surface area contributed by atoms with Crippen LogP contribution in [-0.2, 0) is 0 Å². The van der Waals surface area contributed by atoms with Crippen molar-refractivity contribution in [3.63, 3.8) is 0 Å². The molecule has 3 aromatic rings. The van der Waals surface area contributed by atoms with Crippen molar-refractivity contribution in [2.24, 2.45) is 0 Å². The van der Waals surface area contributed by atoms with Crippen LogP contribution in [0.25, 0.3) is 0 Å². The Labute approximate surface area is 161 Å². The maximum Gasteiger partial charge on any atom is 0.257 e. The fourth-order valence-corrected chi connectivity index (χ4v) is 2.83. The number of carbonyl (C=O) groups excluding carboxylic acids is 1. The lowest BCUT2D eigenvalue weighted by Crippen LogP contribution is -2.12. The lowest BCUT2D eigenvalue weighted by atomic mass is 10.2. The van der Waals surface area contributed by atoms with E-state index in [1.165, 1.54) is 6.20 Å². The molecule has 0 unspecified atom stereocenters. The number of nitrogens with one attached hydrogen (secondary N) is 2. The van der Waals surface area contributed by atoms with E-state index in [1.54, 1.807) is 30.5 Å². The largest absolute Gasteiger partial charge is 0.454 e. The molecule has 2 aromatic carbocycles. The molecular weight excluding hydrogens is 366 g/mol. The molecule has 0 radical (unpaired) electrons. The summed E-state index contributed by atoms with van der Waals surface area (Å²) in [5.74, 6) is 1.00. The third kappa shape index (κ3) is 3.80. The first kappa shape index (κ1) is 17.2. The van der Waals surface area contributed by atoms with E-state index in [9.17, 15) is 4.79 Å². The average Bonchev–Trinajstić information content (AvgIpc) is 3.13. The van der Waals surface area contributed by atoms with E-state index in [-0.39, 0.29) is 12.7 Å². The smallest absolute Gasteiger partial charge is 0.257 e. The van der Waals surface area contributed by atoms with Gasteiger partial charge >= 0.3 is 0 Å². The molecule has 1 aliphatic rings. The second-order valence-electron chi connectivity index (χ2n) is 6.07. The standard InChI is InChI=1S/C20H16ClN3O3/c1-12-2-3-14(7-17(12)21)23-16-6-13(9-22-10-16)20(25)24-15-4-5-18-19(8-15)27-11-26-18/h2-10,23H,11H2,1H3,(H,24,25). The molecule has 7 heteroatoms. The zero-order valence-corrected chi connectivity index (χ0v) is 15.2. The van der Waals surface area contributed by atoms with Crippen molar-refractivity contribution in [2.45, 2.75) is 6.92 Å². The van der Waals surface area contributed by atoms with Crippen LogP contribution in [0.5, 0.6) is 11.5 Å². The molecule has 0 fully saturated rings. The molecule has 136 valence electrons. The number of aryl methyl sites for hydroxylation is 1. The Morgan fingerprint density at radius 3 is 2.67 bits per heavy atom. The number of carbonyl (C=O) groups is 1. The highest BCUT2D eigenvalue weighted by Crippen LogP contribution is 2.34. The fourth-order valence-electron chi connectivity index (χ4n) is 2.65. The zero-order chi connectivity index (χ0) is 18.8. The number of halogens is 1. The molecule has 0 saturated carbocycles. The lowest BCUT2D eigenvalue weighted by molar-refractivity contribution is 0.102. The molecule has 0 atom stereocenters. The molecule has 0 bridgehead atoms. The summed E-state index contributed by atoms with van der Waals surface area (Å²) in [7, 11) is 0. The third-order valence-corrected chi connectivity index (χ3v) is 4.50. The highest BCUT2D eigenvalue weighted by Gasteiger charge is 2.15. The van der Waals surface area contributed by atoms with Gasteiger partial charge in [-0.15, -0.1) is 0 Å². The van der Waals surface area contributed by atoms with E-state index in [0.29, 0.717) is 33.5 Å². The van der Waals surface area contributed by atoms with Crippen molar-refractivity contribution in [1.82, 2.24) is 4.98 Å². The summed E-state index contributed by atoms with van der Waals surface area (Å²) in [5, 5.41) is 6.70. The number of nitrogens with zero attached hydrogens (tertiary/aromatic N) is 1. The van der Waals surface area contributed by atoms with Crippen LogP contribution >= 0.6 is 11.6 Å². The minimum Gasteiger partial charge on any atom is -0.454 e. The van der Waals surface area contributed by atoms with Crippen molar-refractivity contribution in [3.05, 3.63) is 71.0 Å². The molecular formula is C20H16ClN3O3. The van der Waals surface area contributed by atoms with Crippen LogP contribution < -0.4 is 20.1 Å². The predicted molar refractivity (Wildman–Crippen MR) is 104 cm³/mol. The van der Waals surface area contributed by atoms with E-state index >= 15 is 0 Å². The second-order valence-corrected chi connectivity index (χ2v) is 6.48. The SMILES string of the molecule is Cc1ccc(Nc2cncc(C(=O)Nc3ccc4c(c3)OCO4)c2)cc1Cl. The maximum absolute atomic E-state index is 12.5.